The molecule has 0 unspecified atom stereocenters. The summed E-state index contributed by atoms with van der Waals surface area (Å²) in [5, 5.41) is 0. The van der Waals surface area contributed by atoms with Gasteiger partial charge in [0, 0.05) is 12.0 Å². The molecule has 0 radical (unpaired) electrons. The molecule has 0 aliphatic rings. The lowest BCUT2D eigenvalue weighted by Gasteiger charge is -2.14. The zero-order chi connectivity index (χ0) is 16.7. The summed E-state index contributed by atoms with van der Waals surface area (Å²) in [6.07, 6.45) is 0.520. The van der Waals surface area contributed by atoms with Crippen LogP contribution in [0.25, 0.3) is 5.57 Å². The number of ether oxygens (including phenoxy) is 2. The lowest BCUT2D eigenvalue weighted by atomic mass is 9.96. The molecule has 0 aromatic heterocycles. The Morgan fingerprint density at radius 2 is 1.78 bits per heavy atom. The SMILES string of the molecule is CCOc1ccc(OCC)c(C(=C=O)Cc2ccccc2C)c1. The third-order valence-electron chi connectivity index (χ3n) is 3.64. The number of allylic oxidation sites excluding steroid dienone is 1. The zero-order valence-electron chi connectivity index (χ0n) is 13.9. The normalized spacial score (nSPS) is 10.0. The van der Waals surface area contributed by atoms with Gasteiger partial charge in [0.2, 0.25) is 0 Å². The predicted molar refractivity (Wildman–Crippen MR) is 92.8 cm³/mol. The first kappa shape index (κ1) is 16.9. The third-order valence-corrected chi connectivity index (χ3v) is 3.64. The highest BCUT2D eigenvalue weighted by Gasteiger charge is 2.13. The lowest BCUT2D eigenvalue weighted by Crippen LogP contribution is -2.01. The van der Waals surface area contributed by atoms with Gasteiger partial charge in [0.05, 0.1) is 18.8 Å². The molecule has 0 aliphatic heterocycles. The number of rotatable bonds is 7. The summed E-state index contributed by atoms with van der Waals surface area (Å²) in [4.78, 5) is 11.6. The molecular formula is C20H22O3. The molecule has 23 heavy (non-hydrogen) atoms. The Kier molecular flexibility index (Phi) is 6.02. The fourth-order valence-corrected chi connectivity index (χ4v) is 2.47. The van der Waals surface area contributed by atoms with E-state index in [1.807, 2.05) is 63.2 Å². The average molecular weight is 310 g/mol. The van der Waals surface area contributed by atoms with Crippen molar-refractivity contribution < 1.29 is 14.3 Å². The molecule has 0 saturated carbocycles. The largest absolute Gasteiger partial charge is 0.494 e. The van der Waals surface area contributed by atoms with Crippen molar-refractivity contribution in [2.24, 2.45) is 0 Å². The van der Waals surface area contributed by atoms with E-state index in [4.69, 9.17) is 9.47 Å². The minimum atomic E-state index is 0.520. The molecule has 3 heteroatoms. The highest BCUT2D eigenvalue weighted by molar-refractivity contribution is 5.91. The topological polar surface area (TPSA) is 35.5 Å². The minimum Gasteiger partial charge on any atom is -0.494 e. The summed E-state index contributed by atoms with van der Waals surface area (Å²) in [6, 6.07) is 13.6. The molecule has 0 amide bonds. The van der Waals surface area contributed by atoms with Gasteiger partial charge in [-0.3, -0.25) is 0 Å². The summed E-state index contributed by atoms with van der Waals surface area (Å²) in [5.41, 5.74) is 3.58. The monoisotopic (exact) mass is 310 g/mol. The molecule has 0 bridgehead atoms. The van der Waals surface area contributed by atoms with E-state index in [0.29, 0.717) is 31.0 Å². The van der Waals surface area contributed by atoms with Crippen molar-refractivity contribution in [3.63, 3.8) is 0 Å². The summed E-state index contributed by atoms with van der Waals surface area (Å²) in [7, 11) is 0. The predicted octanol–water partition coefficient (Wildman–Crippen LogP) is 4.25. The van der Waals surface area contributed by atoms with Gasteiger partial charge in [0.1, 0.15) is 17.4 Å². The Balaban J connectivity index is 2.41. The van der Waals surface area contributed by atoms with Gasteiger partial charge < -0.3 is 9.47 Å². The van der Waals surface area contributed by atoms with Crippen molar-refractivity contribution in [2.45, 2.75) is 27.2 Å². The molecule has 2 rings (SSSR count). The van der Waals surface area contributed by atoms with E-state index in [9.17, 15) is 4.79 Å². The van der Waals surface area contributed by atoms with Crippen molar-refractivity contribution >= 4 is 11.5 Å². The van der Waals surface area contributed by atoms with E-state index >= 15 is 0 Å². The van der Waals surface area contributed by atoms with Crippen LogP contribution in [0, 0.1) is 6.92 Å². The molecular weight excluding hydrogens is 288 g/mol. The van der Waals surface area contributed by atoms with E-state index in [0.717, 1.165) is 22.4 Å². The maximum Gasteiger partial charge on any atom is 0.129 e. The fraction of sp³-hybridized carbons (Fsp3) is 0.300. The van der Waals surface area contributed by atoms with Crippen LogP contribution < -0.4 is 9.47 Å². The molecule has 0 N–H and O–H groups in total. The van der Waals surface area contributed by atoms with Crippen molar-refractivity contribution in [1.29, 1.82) is 0 Å². The van der Waals surface area contributed by atoms with E-state index < -0.39 is 0 Å². The molecule has 0 spiro atoms. The highest BCUT2D eigenvalue weighted by Crippen LogP contribution is 2.31. The zero-order valence-corrected chi connectivity index (χ0v) is 13.9. The number of carbonyl (C=O) groups excluding carboxylic acids is 1. The number of hydrogen-bond acceptors (Lipinski definition) is 3. The Hall–Kier alpha value is -2.51. The van der Waals surface area contributed by atoms with Crippen LogP contribution in [0.2, 0.25) is 0 Å². The summed E-state index contributed by atoms with van der Waals surface area (Å²) in [6.45, 7) is 7.01. The lowest BCUT2D eigenvalue weighted by molar-refractivity contribution is 0.329. The maximum atomic E-state index is 11.6. The van der Waals surface area contributed by atoms with Crippen molar-refractivity contribution in [1.82, 2.24) is 0 Å². The van der Waals surface area contributed by atoms with Crippen LogP contribution in [0.4, 0.5) is 0 Å². The van der Waals surface area contributed by atoms with Gasteiger partial charge in [0.15, 0.2) is 0 Å². The Morgan fingerprint density at radius 1 is 1.04 bits per heavy atom. The first-order valence-corrected chi connectivity index (χ1v) is 7.88. The molecule has 120 valence electrons. The fourth-order valence-electron chi connectivity index (χ4n) is 2.47. The summed E-state index contributed by atoms with van der Waals surface area (Å²) in [5.74, 6) is 3.50. The second-order valence-corrected chi connectivity index (χ2v) is 5.21. The van der Waals surface area contributed by atoms with Gasteiger partial charge in [0.25, 0.3) is 0 Å². The Labute approximate surface area is 137 Å². The first-order valence-electron chi connectivity index (χ1n) is 7.88. The second-order valence-electron chi connectivity index (χ2n) is 5.21. The molecule has 0 saturated heterocycles. The van der Waals surface area contributed by atoms with Gasteiger partial charge in [-0.25, -0.2) is 4.79 Å². The average Bonchev–Trinajstić information content (AvgIpc) is 2.56. The molecule has 3 nitrogen and oxygen atoms in total. The quantitative estimate of drug-likeness (QED) is 0.717. The highest BCUT2D eigenvalue weighted by atomic mass is 16.5. The van der Waals surface area contributed by atoms with E-state index in [1.54, 1.807) is 0 Å². The Morgan fingerprint density at radius 3 is 2.43 bits per heavy atom. The molecule has 2 aromatic rings. The van der Waals surface area contributed by atoms with Crippen LogP contribution in [0.3, 0.4) is 0 Å². The van der Waals surface area contributed by atoms with Crippen molar-refractivity contribution in [3.05, 3.63) is 59.2 Å². The van der Waals surface area contributed by atoms with E-state index in [-0.39, 0.29) is 0 Å². The van der Waals surface area contributed by atoms with Gasteiger partial charge in [-0.2, -0.15) is 0 Å². The van der Waals surface area contributed by atoms with Crippen molar-refractivity contribution in [2.75, 3.05) is 13.2 Å². The van der Waals surface area contributed by atoms with Crippen molar-refractivity contribution in [3.8, 4) is 11.5 Å². The van der Waals surface area contributed by atoms with Gasteiger partial charge in [-0.1, -0.05) is 24.3 Å². The number of benzene rings is 2. The minimum absolute atomic E-state index is 0.520. The summed E-state index contributed by atoms with van der Waals surface area (Å²) >= 11 is 0. The summed E-state index contributed by atoms with van der Waals surface area (Å²) < 4.78 is 11.2. The standard InChI is InChI=1S/C20H22O3/c1-4-22-18-10-11-20(23-5-2)19(13-18)17(14-21)12-16-9-7-6-8-15(16)3/h6-11,13H,4-5,12H2,1-3H3. The Bertz CT molecular complexity index is 713. The van der Waals surface area contributed by atoms with E-state index in [2.05, 4.69) is 5.94 Å². The van der Waals surface area contributed by atoms with Gasteiger partial charge in [-0.05, 0) is 50.1 Å². The van der Waals surface area contributed by atoms with Crippen LogP contribution in [0.15, 0.2) is 42.5 Å². The molecule has 0 atom stereocenters. The second kappa shape index (κ2) is 8.21. The third kappa shape index (κ3) is 4.24. The van der Waals surface area contributed by atoms with Crippen LogP contribution in [-0.4, -0.2) is 19.2 Å². The van der Waals surface area contributed by atoms with Crippen LogP contribution in [-0.2, 0) is 11.2 Å². The molecule has 2 aromatic carbocycles. The maximum absolute atomic E-state index is 11.6. The first-order chi connectivity index (χ1) is 11.2. The smallest absolute Gasteiger partial charge is 0.129 e. The van der Waals surface area contributed by atoms with E-state index in [1.165, 1.54) is 0 Å². The van der Waals surface area contributed by atoms with Crippen LogP contribution >= 0.6 is 0 Å². The number of hydrogen-bond donors (Lipinski definition) is 0. The number of aryl methyl sites for hydroxylation is 1. The molecule has 0 aliphatic carbocycles. The van der Waals surface area contributed by atoms with Gasteiger partial charge >= 0.3 is 0 Å². The molecule has 0 fully saturated rings. The van der Waals surface area contributed by atoms with Crippen LogP contribution in [0.1, 0.15) is 30.5 Å². The van der Waals surface area contributed by atoms with Crippen LogP contribution in [0.5, 0.6) is 11.5 Å². The van der Waals surface area contributed by atoms with Gasteiger partial charge in [-0.15, -0.1) is 0 Å². The molecule has 0 heterocycles.